The molecule has 0 spiro atoms. The summed E-state index contributed by atoms with van der Waals surface area (Å²) in [5, 5.41) is 11.3. The number of hydrogen-bond acceptors (Lipinski definition) is 6. The number of esters is 1. The standard InChI is InChI=1S/C26H37N2O6P/c1-18(2)15-22(27)24(29)28-23(16-19(3)4)26(31,35(32,33)21-13-9-6-10-14-21)25(30)34-17-20-11-7-5-8-12-20/h5-14,18-19,22-23,31H,15-17,27H2,1-4H3,(H,28,29)(H,32,33)/t22-,23-,26+/m0/s1. The van der Waals surface area contributed by atoms with Crippen LogP contribution in [0.1, 0.15) is 46.1 Å². The smallest absolute Gasteiger partial charge is 0.351 e. The Kier molecular flexibility index (Phi) is 10.2. The zero-order valence-corrected chi connectivity index (χ0v) is 21.7. The maximum absolute atomic E-state index is 13.9. The minimum atomic E-state index is -4.85. The molecule has 8 nitrogen and oxygen atoms in total. The second kappa shape index (κ2) is 12.5. The molecule has 9 heteroatoms. The molecule has 0 aliphatic rings. The van der Waals surface area contributed by atoms with Gasteiger partial charge < -0.3 is 25.8 Å². The molecule has 4 atom stereocenters. The van der Waals surface area contributed by atoms with Gasteiger partial charge in [0.2, 0.25) is 5.91 Å². The summed E-state index contributed by atoms with van der Waals surface area (Å²) in [6.45, 7) is 7.23. The Balaban J connectivity index is 2.51. The minimum Gasteiger partial charge on any atom is -0.458 e. The predicted octanol–water partition coefficient (Wildman–Crippen LogP) is 2.92. The van der Waals surface area contributed by atoms with Gasteiger partial charge in [-0.3, -0.25) is 9.36 Å². The summed E-state index contributed by atoms with van der Waals surface area (Å²) < 4.78 is 19.2. The highest BCUT2D eigenvalue weighted by Gasteiger charge is 2.60. The lowest BCUT2D eigenvalue weighted by atomic mass is 9.97. The molecule has 0 radical (unpaired) electrons. The van der Waals surface area contributed by atoms with Crippen molar-refractivity contribution in [2.75, 3.05) is 0 Å². The summed E-state index contributed by atoms with van der Waals surface area (Å²) in [4.78, 5) is 37.6. The fourth-order valence-electron chi connectivity index (χ4n) is 3.82. The maximum Gasteiger partial charge on any atom is 0.351 e. The van der Waals surface area contributed by atoms with Crippen LogP contribution >= 0.6 is 7.37 Å². The average molecular weight is 505 g/mol. The number of benzene rings is 2. The molecule has 0 saturated heterocycles. The normalized spacial score (nSPS) is 16.7. The maximum atomic E-state index is 13.9. The van der Waals surface area contributed by atoms with Gasteiger partial charge in [-0.05, 0) is 42.4 Å². The Morgan fingerprint density at radius 1 is 0.971 bits per heavy atom. The van der Waals surface area contributed by atoms with Gasteiger partial charge >= 0.3 is 5.97 Å². The summed E-state index contributed by atoms with van der Waals surface area (Å²) in [6.07, 6.45) is 0.404. The van der Waals surface area contributed by atoms with E-state index in [2.05, 4.69) is 5.32 Å². The average Bonchev–Trinajstić information content (AvgIpc) is 2.81. The van der Waals surface area contributed by atoms with Crippen LogP contribution in [-0.4, -0.2) is 39.3 Å². The Bertz CT molecular complexity index is 1020. The van der Waals surface area contributed by atoms with E-state index in [4.69, 9.17) is 10.5 Å². The van der Waals surface area contributed by atoms with Crippen molar-refractivity contribution in [2.24, 2.45) is 17.6 Å². The Morgan fingerprint density at radius 3 is 2.00 bits per heavy atom. The molecule has 192 valence electrons. The number of rotatable bonds is 12. The fourth-order valence-corrected chi connectivity index (χ4v) is 5.70. The van der Waals surface area contributed by atoms with Crippen LogP contribution in [0.5, 0.6) is 0 Å². The molecule has 0 fully saturated rings. The van der Waals surface area contributed by atoms with E-state index in [-0.39, 0.29) is 30.2 Å². The van der Waals surface area contributed by atoms with Crippen molar-refractivity contribution in [1.29, 1.82) is 0 Å². The Labute approximate surface area is 207 Å². The molecule has 5 N–H and O–H groups in total. The van der Waals surface area contributed by atoms with E-state index in [1.54, 1.807) is 36.4 Å². The van der Waals surface area contributed by atoms with E-state index in [0.717, 1.165) is 0 Å². The summed E-state index contributed by atoms with van der Waals surface area (Å²) in [5.41, 5.74) is 6.67. The third-order valence-electron chi connectivity index (χ3n) is 5.65. The first kappa shape index (κ1) is 28.7. The van der Waals surface area contributed by atoms with Gasteiger partial charge in [-0.1, -0.05) is 76.2 Å². The third-order valence-corrected chi connectivity index (χ3v) is 8.07. The monoisotopic (exact) mass is 504 g/mol. The molecule has 1 amide bonds. The van der Waals surface area contributed by atoms with Crippen LogP contribution in [-0.2, 0) is 25.5 Å². The van der Waals surface area contributed by atoms with E-state index in [1.807, 2.05) is 27.7 Å². The lowest BCUT2D eigenvalue weighted by Crippen LogP contribution is -2.61. The van der Waals surface area contributed by atoms with Gasteiger partial charge in [0.25, 0.3) is 12.7 Å². The SMILES string of the molecule is CC(C)C[C@H](NC(=O)[C@@H](N)CC(C)C)[C@](O)(C(=O)OCc1ccccc1)P(=O)(O)c1ccccc1. The van der Waals surface area contributed by atoms with Gasteiger partial charge in [-0.2, -0.15) is 0 Å². The lowest BCUT2D eigenvalue weighted by Gasteiger charge is -2.38. The first-order valence-corrected chi connectivity index (χ1v) is 13.4. The van der Waals surface area contributed by atoms with Crippen molar-refractivity contribution in [3.8, 4) is 0 Å². The van der Waals surface area contributed by atoms with Crippen molar-refractivity contribution < 1.29 is 28.9 Å². The molecule has 1 unspecified atom stereocenters. The number of carbonyl (C=O) groups excluding carboxylic acids is 2. The highest BCUT2D eigenvalue weighted by atomic mass is 31.2. The van der Waals surface area contributed by atoms with E-state index >= 15 is 0 Å². The summed E-state index contributed by atoms with van der Waals surface area (Å²) in [7, 11) is -4.85. The van der Waals surface area contributed by atoms with Crippen molar-refractivity contribution in [3.63, 3.8) is 0 Å². The zero-order valence-electron chi connectivity index (χ0n) is 20.8. The van der Waals surface area contributed by atoms with Gasteiger partial charge in [0.05, 0.1) is 12.1 Å². The second-order valence-electron chi connectivity index (χ2n) is 9.63. The molecular formula is C26H37N2O6P. The van der Waals surface area contributed by atoms with Gasteiger partial charge in [-0.25, -0.2) is 4.79 Å². The molecule has 2 aromatic carbocycles. The van der Waals surface area contributed by atoms with Crippen molar-refractivity contribution in [1.82, 2.24) is 5.32 Å². The summed E-state index contributed by atoms with van der Waals surface area (Å²) in [5.74, 6) is -1.93. The molecule has 2 rings (SSSR count). The van der Waals surface area contributed by atoms with E-state index in [0.29, 0.717) is 12.0 Å². The quantitative estimate of drug-likeness (QED) is 0.257. The summed E-state index contributed by atoms with van der Waals surface area (Å²) in [6, 6.07) is 13.8. The topological polar surface area (TPSA) is 139 Å². The first-order chi connectivity index (χ1) is 16.4. The van der Waals surface area contributed by atoms with Crippen molar-refractivity contribution in [3.05, 3.63) is 66.2 Å². The van der Waals surface area contributed by atoms with E-state index < -0.39 is 36.7 Å². The van der Waals surface area contributed by atoms with Crippen LogP contribution in [0.3, 0.4) is 0 Å². The zero-order chi connectivity index (χ0) is 26.2. The number of amides is 1. The lowest BCUT2D eigenvalue weighted by molar-refractivity contribution is -0.162. The predicted molar refractivity (Wildman–Crippen MR) is 136 cm³/mol. The van der Waals surface area contributed by atoms with Crippen LogP contribution in [0.25, 0.3) is 0 Å². The van der Waals surface area contributed by atoms with Crippen LogP contribution in [0.15, 0.2) is 60.7 Å². The third kappa shape index (κ3) is 7.24. The molecule has 0 aliphatic heterocycles. The number of hydrogen-bond donors (Lipinski definition) is 4. The van der Waals surface area contributed by atoms with Crippen molar-refractivity contribution >= 4 is 24.5 Å². The second-order valence-corrected chi connectivity index (χ2v) is 12.0. The number of nitrogens with two attached hydrogens (primary N) is 1. The Hall–Kier alpha value is -2.51. The Morgan fingerprint density at radius 2 is 1.49 bits per heavy atom. The van der Waals surface area contributed by atoms with Crippen LogP contribution < -0.4 is 16.4 Å². The van der Waals surface area contributed by atoms with E-state index in [1.165, 1.54) is 24.3 Å². The molecule has 0 aromatic heterocycles. The summed E-state index contributed by atoms with van der Waals surface area (Å²) >= 11 is 0. The molecule has 0 bridgehead atoms. The largest absolute Gasteiger partial charge is 0.458 e. The van der Waals surface area contributed by atoms with Crippen LogP contribution in [0.4, 0.5) is 0 Å². The van der Waals surface area contributed by atoms with E-state index in [9.17, 15) is 24.2 Å². The molecule has 0 saturated carbocycles. The molecular weight excluding hydrogens is 467 g/mol. The number of nitrogens with one attached hydrogen (secondary N) is 1. The molecule has 0 aliphatic carbocycles. The number of ether oxygens (including phenoxy) is 1. The van der Waals surface area contributed by atoms with Gasteiger partial charge in [0, 0.05) is 5.30 Å². The van der Waals surface area contributed by atoms with Crippen LogP contribution in [0, 0.1) is 11.8 Å². The molecule has 2 aromatic rings. The molecule has 0 heterocycles. The van der Waals surface area contributed by atoms with Gasteiger partial charge in [0.1, 0.15) is 6.61 Å². The minimum absolute atomic E-state index is 0.0362. The van der Waals surface area contributed by atoms with Crippen molar-refractivity contribution in [2.45, 2.75) is 64.6 Å². The van der Waals surface area contributed by atoms with Crippen LogP contribution in [0.2, 0.25) is 0 Å². The number of carbonyl (C=O) groups is 2. The highest BCUT2D eigenvalue weighted by Crippen LogP contribution is 2.55. The number of aliphatic hydroxyl groups is 1. The van der Waals surface area contributed by atoms with Gasteiger partial charge in [-0.15, -0.1) is 0 Å². The van der Waals surface area contributed by atoms with Gasteiger partial charge in [0.15, 0.2) is 0 Å². The first-order valence-electron chi connectivity index (χ1n) is 11.8. The fraction of sp³-hybridized carbons (Fsp3) is 0.462. The molecule has 35 heavy (non-hydrogen) atoms. The highest BCUT2D eigenvalue weighted by molar-refractivity contribution is 7.68.